The van der Waals surface area contributed by atoms with Crippen LogP contribution < -0.4 is 0 Å². The molecule has 0 N–H and O–H groups in total. The molecule has 1 spiro atoms. The predicted octanol–water partition coefficient (Wildman–Crippen LogP) is 1.87. The summed E-state index contributed by atoms with van der Waals surface area (Å²) in [6, 6.07) is 0. The van der Waals surface area contributed by atoms with Gasteiger partial charge in [-0.15, -0.1) is 0 Å². The molecule has 0 amide bonds. The fourth-order valence-electron chi connectivity index (χ4n) is 1.98. The molecule has 0 aromatic heterocycles. The fraction of sp³-hybridized carbons (Fsp3) is 0.182. The average molecular weight is 172 g/mol. The first kappa shape index (κ1) is 6.89. The molecule has 0 radical (unpaired) electrons. The maximum absolute atomic E-state index is 11.1. The van der Waals surface area contributed by atoms with Crippen molar-refractivity contribution in [1.29, 1.82) is 0 Å². The van der Waals surface area contributed by atoms with Crippen molar-refractivity contribution in [2.24, 2.45) is 5.41 Å². The number of hydrogen-bond donors (Lipinski definition) is 0. The number of rotatable bonds is 0. The van der Waals surface area contributed by atoms with E-state index in [1.807, 2.05) is 18.2 Å². The lowest BCUT2D eigenvalue weighted by molar-refractivity contribution is -0.110. The molecule has 64 valence electrons. The Hall–Kier alpha value is -1.57. The lowest BCUT2D eigenvalue weighted by atomic mass is 9.78. The van der Waals surface area contributed by atoms with Gasteiger partial charge >= 0.3 is 0 Å². The van der Waals surface area contributed by atoms with Gasteiger partial charge < -0.3 is 4.74 Å². The van der Waals surface area contributed by atoms with Gasteiger partial charge in [0.1, 0.15) is 11.5 Å². The summed E-state index contributed by atoms with van der Waals surface area (Å²) in [7, 11) is 0. The summed E-state index contributed by atoms with van der Waals surface area (Å²) >= 11 is 0. The van der Waals surface area contributed by atoms with Gasteiger partial charge in [-0.2, -0.15) is 0 Å². The summed E-state index contributed by atoms with van der Waals surface area (Å²) in [5.74, 6) is 1.75. The van der Waals surface area contributed by atoms with Crippen LogP contribution in [-0.4, -0.2) is 5.78 Å². The van der Waals surface area contributed by atoms with E-state index in [4.69, 9.17) is 4.74 Å². The largest absolute Gasteiger partial charge is 0.465 e. The lowest BCUT2D eigenvalue weighted by Crippen LogP contribution is -2.17. The Labute approximate surface area is 75.9 Å². The SMILES string of the molecule is O=C1C=CC23C=CC=C(C2)OC3=C1. The van der Waals surface area contributed by atoms with E-state index < -0.39 is 0 Å². The highest BCUT2D eigenvalue weighted by atomic mass is 16.5. The second-order valence-electron chi connectivity index (χ2n) is 3.56. The second-order valence-corrected chi connectivity index (χ2v) is 3.56. The summed E-state index contributed by atoms with van der Waals surface area (Å²) in [4.78, 5) is 11.1. The Morgan fingerprint density at radius 2 is 2.31 bits per heavy atom. The fourth-order valence-corrected chi connectivity index (χ4v) is 1.98. The van der Waals surface area contributed by atoms with Crippen LogP contribution in [0, 0.1) is 5.41 Å². The third kappa shape index (κ3) is 0.800. The molecule has 2 heteroatoms. The number of carbonyl (C=O) groups is 1. The minimum Gasteiger partial charge on any atom is -0.465 e. The Bertz CT molecular complexity index is 410. The standard InChI is InChI=1S/C11H8O2/c12-8-3-5-11-4-1-2-9(7-11)13-10(11)6-8/h1-6H,7H2. The Balaban J connectivity index is 2.20. The third-order valence-corrected chi connectivity index (χ3v) is 2.66. The molecule has 0 saturated carbocycles. The van der Waals surface area contributed by atoms with E-state index in [1.165, 1.54) is 0 Å². The molecule has 0 aromatic carbocycles. The number of carbonyl (C=O) groups excluding carboxylic acids is 1. The number of fused-ring (bicyclic) bond motifs is 1. The highest BCUT2D eigenvalue weighted by molar-refractivity contribution is 6.01. The first-order valence-electron chi connectivity index (χ1n) is 4.30. The minimum atomic E-state index is -0.141. The van der Waals surface area contributed by atoms with Crippen molar-refractivity contribution in [2.75, 3.05) is 0 Å². The summed E-state index contributed by atoms with van der Waals surface area (Å²) < 4.78 is 5.54. The first-order valence-corrected chi connectivity index (χ1v) is 4.30. The van der Waals surface area contributed by atoms with E-state index in [1.54, 1.807) is 12.2 Å². The van der Waals surface area contributed by atoms with Gasteiger partial charge in [0, 0.05) is 12.5 Å². The van der Waals surface area contributed by atoms with Crippen LogP contribution in [0.4, 0.5) is 0 Å². The molecular weight excluding hydrogens is 164 g/mol. The highest BCUT2D eigenvalue weighted by Gasteiger charge is 2.42. The molecule has 3 aliphatic rings. The summed E-state index contributed by atoms with van der Waals surface area (Å²) in [5.41, 5.74) is -0.141. The van der Waals surface area contributed by atoms with Crippen LogP contribution in [0.25, 0.3) is 0 Å². The van der Waals surface area contributed by atoms with E-state index >= 15 is 0 Å². The Morgan fingerprint density at radius 3 is 3.23 bits per heavy atom. The number of hydrogen-bond acceptors (Lipinski definition) is 2. The van der Waals surface area contributed by atoms with Crippen molar-refractivity contribution in [2.45, 2.75) is 6.42 Å². The molecular formula is C11H8O2. The predicted molar refractivity (Wildman–Crippen MR) is 47.6 cm³/mol. The zero-order valence-electron chi connectivity index (χ0n) is 6.99. The smallest absolute Gasteiger partial charge is 0.181 e. The average Bonchev–Trinajstić information content (AvgIpc) is 2.36. The van der Waals surface area contributed by atoms with Crippen molar-refractivity contribution in [3.63, 3.8) is 0 Å². The van der Waals surface area contributed by atoms with Crippen molar-refractivity contribution in [1.82, 2.24) is 0 Å². The third-order valence-electron chi connectivity index (χ3n) is 2.66. The van der Waals surface area contributed by atoms with E-state index in [-0.39, 0.29) is 11.2 Å². The van der Waals surface area contributed by atoms with Gasteiger partial charge in [-0.1, -0.05) is 18.2 Å². The first-order chi connectivity index (χ1) is 6.28. The van der Waals surface area contributed by atoms with Gasteiger partial charge in [-0.25, -0.2) is 0 Å². The molecule has 1 atom stereocenters. The maximum Gasteiger partial charge on any atom is 0.181 e. The number of ether oxygens (including phenoxy) is 1. The van der Waals surface area contributed by atoms with Gasteiger partial charge in [-0.3, -0.25) is 4.79 Å². The van der Waals surface area contributed by atoms with Crippen LogP contribution in [0.5, 0.6) is 0 Å². The normalized spacial score (nSPS) is 33.7. The Kier molecular flexibility index (Phi) is 1.07. The topological polar surface area (TPSA) is 26.3 Å². The van der Waals surface area contributed by atoms with Gasteiger partial charge in [0.15, 0.2) is 5.78 Å². The molecule has 0 aromatic rings. The van der Waals surface area contributed by atoms with E-state index in [0.29, 0.717) is 0 Å². The van der Waals surface area contributed by atoms with Gasteiger partial charge in [0.2, 0.25) is 0 Å². The molecule has 1 aliphatic heterocycles. The maximum atomic E-state index is 11.1. The van der Waals surface area contributed by atoms with Crippen LogP contribution in [0.3, 0.4) is 0 Å². The molecule has 2 nitrogen and oxygen atoms in total. The van der Waals surface area contributed by atoms with Crippen molar-refractivity contribution in [3.8, 4) is 0 Å². The summed E-state index contributed by atoms with van der Waals surface area (Å²) in [6.07, 6.45) is 12.0. The lowest BCUT2D eigenvalue weighted by Gasteiger charge is -2.22. The van der Waals surface area contributed by atoms with Gasteiger partial charge in [-0.05, 0) is 12.2 Å². The molecule has 1 saturated heterocycles. The monoisotopic (exact) mass is 172 g/mol. The van der Waals surface area contributed by atoms with Gasteiger partial charge in [0.25, 0.3) is 0 Å². The molecule has 2 aliphatic carbocycles. The molecule has 1 unspecified atom stereocenters. The quantitative estimate of drug-likeness (QED) is 0.557. The zero-order chi connectivity index (χ0) is 8.89. The number of ketones is 1. The molecule has 2 bridgehead atoms. The van der Waals surface area contributed by atoms with E-state index in [0.717, 1.165) is 17.9 Å². The second kappa shape index (κ2) is 2.02. The van der Waals surface area contributed by atoms with E-state index in [2.05, 4.69) is 6.08 Å². The minimum absolute atomic E-state index is 0.0159. The molecule has 13 heavy (non-hydrogen) atoms. The van der Waals surface area contributed by atoms with Crippen molar-refractivity contribution in [3.05, 3.63) is 48.0 Å². The zero-order valence-corrected chi connectivity index (χ0v) is 6.99. The van der Waals surface area contributed by atoms with Crippen LogP contribution in [0.1, 0.15) is 6.42 Å². The van der Waals surface area contributed by atoms with Crippen LogP contribution in [-0.2, 0) is 9.53 Å². The summed E-state index contributed by atoms with van der Waals surface area (Å²) in [6.45, 7) is 0. The molecule has 1 heterocycles. The summed E-state index contributed by atoms with van der Waals surface area (Å²) in [5, 5.41) is 0. The van der Waals surface area contributed by atoms with Crippen LogP contribution in [0.15, 0.2) is 48.0 Å². The van der Waals surface area contributed by atoms with Crippen molar-refractivity contribution < 1.29 is 9.53 Å². The van der Waals surface area contributed by atoms with E-state index in [9.17, 15) is 4.79 Å². The number of allylic oxidation sites excluding steroid dienone is 6. The van der Waals surface area contributed by atoms with Crippen LogP contribution >= 0.6 is 0 Å². The Morgan fingerprint density at radius 1 is 1.38 bits per heavy atom. The highest BCUT2D eigenvalue weighted by Crippen LogP contribution is 2.49. The van der Waals surface area contributed by atoms with Gasteiger partial charge in [0.05, 0.1) is 5.41 Å². The van der Waals surface area contributed by atoms with Crippen LogP contribution in [0.2, 0.25) is 0 Å². The molecule has 1 fully saturated rings. The van der Waals surface area contributed by atoms with Crippen molar-refractivity contribution >= 4 is 5.78 Å². The molecule has 3 rings (SSSR count).